The third-order valence-electron chi connectivity index (χ3n) is 3.67. The number of rotatable bonds is 8. The molecule has 0 saturated heterocycles. The normalized spacial score (nSPS) is 10.5. The van der Waals surface area contributed by atoms with Gasteiger partial charge in [0.15, 0.2) is 5.82 Å². The fraction of sp³-hybridized carbons (Fsp3) is 0.250. The molecule has 134 valence electrons. The van der Waals surface area contributed by atoms with Crippen molar-refractivity contribution in [3.63, 3.8) is 0 Å². The Balaban J connectivity index is 1.47. The lowest BCUT2D eigenvalue weighted by Gasteiger charge is -2.07. The van der Waals surface area contributed by atoms with E-state index in [9.17, 15) is 4.79 Å². The van der Waals surface area contributed by atoms with E-state index < -0.39 is 0 Å². The van der Waals surface area contributed by atoms with E-state index in [4.69, 9.17) is 9.26 Å². The van der Waals surface area contributed by atoms with Crippen LogP contribution in [0.1, 0.15) is 31.5 Å². The van der Waals surface area contributed by atoms with Crippen LogP contribution in [0.2, 0.25) is 0 Å². The van der Waals surface area contributed by atoms with Crippen LogP contribution in [0.4, 0.5) is 5.69 Å². The number of ether oxygens (including phenoxy) is 1. The van der Waals surface area contributed by atoms with Crippen LogP contribution >= 0.6 is 0 Å². The Labute approximate surface area is 152 Å². The average molecular weight is 351 g/mol. The number of aryl methyl sites for hydroxylation is 2. The highest BCUT2D eigenvalue weighted by Crippen LogP contribution is 2.22. The molecule has 6 nitrogen and oxygen atoms in total. The van der Waals surface area contributed by atoms with Crippen molar-refractivity contribution in [2.75, 3.05) is 5.32 Å². The van der Waals surface area contributed by atoms with Crippen LogP contribution in [-0.4, -0.2) is 16.0 Å². The lowest BCUT2D eigenvalue weighted by molar-refractivity contribution is -0.116. The number of carbonyl (C=O) groups excluding carboxylic acids is 1. The van der Waals surface area contributed by atoms with E-state index in [1.54, 1.807) is 0 Å². The Hall–Kier alpha value is -3.15. The highest BCUT2D eigenvalue weighted by atomic mass is 16.5. The molecule has 0 aliphatic rings. The number of hydrogen-bond acceptors (Lipinski definition) is 5. The van der Waals surface area contributed by atoms with Crippen molar-refractivity contribution < 1.29 is 14.1 Å². The third-order valence-corrected chi connectivity index (χ3v) is 3.67. The molecule has 3 aromatic rings. The summed E-state index contributed by atoms with van der Waals surface area (Å²) < 4.78 is 10.9. The molecule has 0 spiro atoms. The second-order valence-corrected chi connectivity index (χ2v) is 5.84. The zero-order valence-corrected chi connectivity index (χ0v) is 14.6. The zero-order chi connectivity index (χ0) is 18.2. The summed E-state index contributed by atoms with van der Waals surface area (Å²) in [7, 11) is 0. The third kappa shape index (κ3) is 5.17. The number of anilines is 1. The molecule has 1 aromatic heterocycles. The van der Waals surface area contributed by atoms with Crippen LogP contribution < -0.4 is 10.1 Å². The van der Waals surface area contributed by atoms with Gasteiger partial charge in [0.25, 0.3) is 0 Å². The van der Waals surface area contributed by atoms with Crippen LogP contribution in [0.5, 0.6) is 11.5 Å². The topological polar surface area (TPSA) is 77.2 Å². The SMILES string of the molecule is CCCc1noc(CCC(=O)Nc2ccc(Oc3ccccc3)cc2)n1. The summed E-state index contributed by atoms with van der Waals surface area (Å²) in [5, 5.41) is 6.73. The summed E-state index contributed by atoms with van der Waals surface area (Å²) in [5.41, 5.74) is 0.715. The maximum atomic E-state index is 12.1. The van der Waals surface area contributed by atoms with Gasteiger partial charge in [-0.15, -0.1) is 0 Å². The molecule has 26 heavy (non-hydrogen) atoms. The summed E-state index contributed by atoms with van der Waals surface area (Å²) in [6, 6.07) is 16.8. The lowest BCUT2D eigenvalue weighted by atomic mass is 10.2. The number of nitrogens with zero attached hydrogens (tertiary/aromatic N) is 2. The summed E-state index contributed by atoms with van der Waals surface area (Å²) >= 11 is 0. The van der Waals surface area contributed by atoms with Crippen LogP contribution in [-0.2, 0) is 17.6 Å². The largest absolute Gasteiger partial charge is 0.457 e. The maximum Gasteiger partial charge on any atom is 0.227 e. The van der Waals surface area contributed by atoms with Gasteiger partial charge in [0.2, 0.25) is 11.8 Å². The highest BCUT2D eigenvalue weighted by Gasteiger charge is 2.09. The Morgan fingerprint density at radius 1 is 1.04 bits per heavy atom. The Kier molecular flexibility index (Phi) is 5.98. The molecule has 0 aliphatic heterocycles. The van der Waals surface area contributed by atoms with E-state index in [0.29, 0.717) is 29.6 Å². The highest BCUT2D eigenvalue weighted by molar-refractivity contribution is 5.90. The van der Waals surface area contributed by atoms with Gasteiger partial charge in [-0.25, -0.2) is 0 Å². The number of amides is 1. The van der Waals surface area contributed by atoms with Crippen molar-refractivity contribution in [3.05, 3.63) is 66.3 Å². The first-order valence-electron chi connectivity index (χ1n) is 8.67. The standard InChI is InChI=1S/C20H21N3O3/c1-2-6-18-22-20(26-23-18)14-13-19(24)21-15-9-11-17(12-10-15)25-16-7-4-3-5-8-16/h3-5,7-12H,2,6,13-14H2,1H3,(H,21,24). The number of aromatic nitrogens is 2. The summed E-state index contributed by atoms with van der Waals surface area (Å²) in [4.78, 5) is 16.3. The summed E-state index contributed by atoms with van der Waals surface area (Å²) in [6.45, 7) is 2.06. The van der Waals surface area contributed by atoms with E-state index in [0.717, 1.165) is 18.6 Å². The lowest BCUT2D eigenvalue weighted by Crippen LogP contribution is -2.12. The molecule has 1 heterocycles. The quantitative estimate of drug-likeness (QED) is 0.651. The summed E-state index contributed by atoms with van der Waals surface area (Å²) in [5.74, 6) is 2.57. The zero-order valence-electron chi connectivity index (χ0n) is 14.6. The predicted molar refractivity (Wildman–Crippen MR) is 98.2 cm³/mol. The molecule has 6 heteroatoms. The molecular weight excluding hydrogens is 330 g/mol. The predicted octanol–water partition coefficient (Wildman–Crippen LogP) is 4.39. The molecule has 0 aliphatic carbocycles. The molecular formula is C20H21N3O3. The first-order valence-corrected chi connectivity index (χ1v) is 8.67. The molecule has 0 unspecified atom stereocenters. The number of para-hydroxylation sites is 1. The van der Waals surface area contributed by atoms with Gasteiger partial charge in [-0.3, -0.25) is 4.79 Å². The van der Waals surface area contributed by atoms with Crippen LogP contribution in [0.15, 0.2) is 59.1 Å². The second-order valence-electron chi connectivity index (χ2n) is 5.84. The number of carbonyl (C=O) groups is 1. The van der Waals surface area contributed by atoms with Gasteiger partial charge in [-0.1, -0.05) is 30.3 Å². The molecule has 0 saturated carbocycles. The molecule has 0 bridgehead atoms. The van der Waals surface area contributed by atoms with Crippen LogP contribution in [0.25, 0.3) is 0 Å². The number of benzene rings is 2. The van der Waals surface area contributed by atoms with Crippen molar-refractivity contribution >= 4 is 11.6 Å². The van der Waals surface area contributed by atoms with Crippen molar-refractivity contribution in [2.24, 2.45) is 0 Å². The van der Waals surface area contributed by atoms with Crippen LogP contribution in [0.3, 0.4) is 0 Å². The van der Waals surface area contributed by atoms with Crippen molar-refractivity contribution in [1.82, 2.24) is 10.1 Å². The Morgan fingerprint density at radius 2 is 1.77 bits per heavy atom. The molecule has 1 amide bonds. The minimum Gasteiger partial charge on any atom is -0.457 e. The van der Waals surface area contributed by atoms with E-state index >= 15 is 0 Å². The van der Waals surface area contributed by atoms with Gasteiger partial charge in [0.05, 0.1) is 0 Å². The smallest absolute Gasteiger partial charge is 0.227 e. The van der Waals surface area contributed by atoms with Gasteiger partial charge in [-0.2, -0.15) is 4.98 Å². The van der Waals surface area contributed by atoms with E-state index in [1.165, 1.54) is 0 Å². The first-order chi connectivity index (χ1) is 12.7. The molecule has 0 fully saturated rings. The van der Waals surface area contributed by atoms with Gasteiger partial charge in [0.1, 0.15) is 11.5 Å². The molecule has 0 atom stereocenters. The number of hydrogen-bond donors (Lipinski definition) is 1. The monoisotopic (exact) mass is 351 g/mol. The van der Waals surface area contributed by atoms with Gasteiger partial charge in [0, 0.05) is 24.9 Å². The Morgan fingerprint density at radius 3 is 2.50 bits per heavy atom. The van der Waals surface area contributed by atoms with E-state index in [2.05, 4.69) is 22.4 Å². The molecule has 0 radical (unpaired) electrons. The van der Waals surface area contributed by atoms with Crippen LogP contribution in [0, 0.1) is 0 Å². The number of nitrogens with one attached hydrogen (secondary N) is 1. The van der Waals surface area contributed by atoms with Gasteiger partial charge >= 0.3 is 0 Å². The van der Waals surface area contributed by atoms with Crippen molar-refractivity contribution in [2.45, 2.75) is 32.6 Å². The fourth-order valence-electron chi connectivity index (χ4n) is 2.39. The van der Waals surface area contributed by atoms with E-state index in [1.807, 2.05) is 54.6 Å². The van der Waals surface area contributed by atoms with E-state index in [-0.39, 0.29) is 12.3 Å². The fourth-order valence-corrected chi connectivity index (χ4v) is 2.39. The minimum absolute atomic E-state index is 0.100. The average Bonchev–Trinajstić information content (AvgIpc) is 3.10. The maximum absolute atomic E-state index is 12.1. The molecule has 1 N–H and O–H groups in total. The molecule has 2 aromatic carbocycles. The summed E-state index contributed by atoms with van der Waals surface area (Å²) in [6.07, 6.45) is 2.46. The van der Waals surface area contributed by atoms with Gasteiger partial charge < -0.3 is 14.6 Å². The van der Waals surface area contributed by atoms with Gasteiger partial charge in [-0.05, 0) is 42.8 Å². The minimum atomic E-state index is -0.100. The molecule has 3 rings (SSSR count). The van der Waals surface area contributed by atoms with Crippen molar-refractivity contribution in [1.29, 1.82) is 0 Å². The first kappa shape index (κ1) is 17.7. The van der Waals surface area contributed by atoms with Crippen molar-refractivity contribution in [3.8, 4) is 11.5 Å². The second kappa shape index (κ2) is 8.80. The Bertz CT molecular complexity index is 829.